The van der Waals surface area contributed by atoms with E-state index in [9.17, 15) is 28.1 Å². The summed E-state index contributed by atoms with van der Waals surface area (Å²) in [5, 5.41) is 10.6. The summed E-state index contributed by atoms with van der Waals surface area (Å²) in [4.78, 5) is 26.2. The number of rotatable bonds is 3. The van der Waals surface area contributed by atoms with E-state index < -0.39 is 16.7 Å². The lowest BCUT2D eigenvalue weighted by molar-refractivity contribution is -0.380. The smallest absolute Gasteiger partial charge is 0.368 e. The SMILES string of the molecule is O=C(c1ccc([N+](=O)[O-])s1)N1CCN(c2cccc(C(F)(F)F)c2)CC1. The molecular weight excluding hydrogens is 371 g/mol. The minimum Gasteiger partial charge on any atom is -0.368 e. The van der Waals surface area contributed by atoms with Crippen LogP contribution in [0.1, 0.15) is 15.2 Å². The monoisotopic (exact) mass is 385 g/mol. The van der Waals surface area contributed by atoms with Gasteiger partial charge in [0.05, 0.1) is 15.4 Å². The molecule has 10 heteroatoms. The van der Waals surface area contributed by atoms with Gasteiger partial charge in [-0.1, -0.05) is 17.4 Å². The molecule has 0 unspecified atom stereocenters. The summed E-state index contributed by atoms with van der Waals surface area (Å²) < 4.78 is 38.5. The number of carbonyl (C=O) groups is 1. The number of alkyl halides is 3. The van der Waals surface area contributed by atoms with Crippen LogP contribution in [0.4, 0.5) is 23.9 Å². The number of piperazine rings is 1. The van der Waals surface area contributed by atoms with Crippen molar-refractivity contribution in [1.29, 1.82) is 0 Å². The van der Waals surface area contributed by atoms with Crippen LogP contribution in [0.25, 0.3) is 0 Å². The minimum absolute atomic E-state index is 0.101. The average molecular weight is 385 g/mol. The van der Waals surface area contributed by atoms with Gasteiger partial charge in [-0.2, -0.15) is 13.2 Å². The first-order valence-corrected chi connectivity index (χ1v) is 8.53. The van der Waals surface area contributed by atoms with Crippen molar-refractivity contribution in [3.05, 3.63) is 57.0 Å². The number of thiophene rings is 1. The summed E-state index contributed by atoms with van der Waals surface area (Å²) in [5.41, 5.74) is -0.252. The summed E-state index contributed by atoms with van der Waals surface area (Å²) in [5.74, 6) is -0.299. The highest BCUT2D eigenvalue weighted by molar-refractivity contribution is 7.17. The lowest BCUT2D eigenvalue weighted by Gasteiger charge is -2.36. The standard InChI is InChI=1S/C16H14F3N3O3S/c17-16(18,19)11-2-1-3-12(10-11)20-6-8-21(9-7-20)15(23)13-4-5-14(26-13)22(24)25/h1-5,10H,6-9H2. The van der Waals surface area contributed by atoms with E-state index in [1.807, 2.05) is 0 Å². The molecule has 1 aromatic carbocycles. The van der Waals surface area contributed by atoms with Crippen LogP contribution in [0.2, 0.25) is 0 Å². The highest BCUT2D eigenvalue weighted by Gasteiger charge is 2.31. The molecule has 2 heterocycles. The van der Waals surface area contributed by atoms with E-state index in [0.717, 1.165) is 23.5 Å². The van der Waals surface area contributed by atoms with E-state index in [1.165, 1.54) is 18.2 Å². The Kier molecular flexibility index (Phi) is 4.86. The molecule has 0 aliphatic carbocycles. The number of amides is 1. The van der Waals surface area contributed by atoms with Gasteiger partial charge in [0.1, 0.15) is 0 Å². The molecule has 0 bridgehead atoms. The van der Waals surface area contributed by atoms with E-state index in [1.54, 1.807) is 15.9 Å². The van der Waals surface area contributed by atoms with Gasteiger partial charge < -0.3 is 9.80 Å². The highest BCUT2D eigenvalue weighted by atomic mass is 32.1. The Morgan fingerprint density at radius 2 is 1.81 bits per heavy atom. The van der Waals surface area contributed by atoms with Crippen LogP contribution < -0.4 is 4.90 Å². The number of carbonyl (C=O) groups excluding carboxylic acids is 1. The molecule has 0 saturated carbocycles. The van der Waals surface area contributed by atoms with Crippen molar-refractivity contribution in [2.24, 2.45) is 0 Å². The summed E-state index contributed by atoms with van der Waals surface area (Å²) in [6.45, 7) is 1.45. The molecule has 1 aromatic heterocycles. The molecule has 1 fully saturated rings. The largest absolute Gasteiger partial charge is 0.416 e. The lowest BCUT2D eigenvalue weighted by Crippen LogP contribution is -2.48. The van der Waals surface area contributed by atoms with Crippen LogP contribution >= 0.6 is 11.3 Å². The average Bonchev–Trinajstić information content (AvgIpc) is 3.11. The fourth-order valence-electron chi connectivity index (χ4n) is 2.74. The van der Waals surface area contributed by atoms with Gasteiger partial charge in [-0.05, 0) is 24.3 Å². The quantitative estimate of drug-likeness (QED) is 0.598. The van der Waals surface area contributed by atoms with Crippen molar-refractivity contribution in [1.82, 2.24) is 4.90 Å². The van der Waals surface area contributed by atoms with Gasteiger partial charge in [0.15, 0.2) is 0 Å². The molecule has 26 heavy (non-hydrogen) atoms. The summed E-state index contributed by atoms with van der Waals surface area (Å²) in [6.07, 6.45) is -4.40. The zero-order valence-corrected chi connectivity index (χ0v) is 14.2. The Morgan fingerprint density at radius 1 is 1.12 bits per heavy atom. The van der Waals surface area contributed by atoms with Gasteiger partial charge in [0.25, 0.3) is 5.91 Å². The molecule has 138 valence electrons. The first-order valence-electron chi connectivity index (χ1n) is 7.71. The number of halogens is 3. The molecule has 3 rings (SSSR count). The second-order valence-electron chi connectivity index (χ2n) is 5.72. The molecule has 1 aliphatic heterocycles. The Labute approximate surface area is 150 Å². The van der Waals surface area contributed by atoms with Crippen molar-refractivity contribution < 1.29 is 22.9 Å². The highest BCUT2D eigenvalue weighted by Crippen LogP contribution is 2.32. The van der Waals surface area contributed by atoms with Crippen molar-refractivity contribution in [2.45, 2.75) is 6.18 Å². The second-order valence-corrected chi connectivity index (χ2v) is 6.78. The number of benzene rings is 1. The molecular formula is C16H14F3N3O3S. The summed E-state index contributed by atoms with van der Waals surface area (Å²) in [7, 11) is 0. The Hall–Kier alpha value is -2.62. The Balaban J connectivity index is 1.65. The molecule has 0 N–H and O–H groups in total. The van der Waals surface area contributed by atoms with Crippen molar-refractivity contribution in [3.8, 4) is 0 Å². The van der Waals surface area contributed by atoms with Crippen LogP contribution in [-0.2, 0) is 6.18 Å². The zero-order valence-electron chi connectivity index (χ0n) is 13.4. The number of hydrogen-bond donors (Lipinski definition) is 0. The fourth-order valence-corrected chi connectivity index (χ4v) is 3.53. The number of hydrogen-bond acceptors (Lipinski definition) is 5. The maximum absolute atomic E-state index is 12.8. The molecule has 0 atom stereocenters. The third-order valence-corrected chi connectivity index (χ3v) is 5.11. The zero-order chi connectivity index (χ0) is 18.9. The van der Waals surface area contributed by atoms with Crippen LogP contribution in [0, 0.1) is 10.1 Å². The van der Waals surface area contributed by atoms with Gasteiger partial charge >= 0.3 is 11.2 Å². The topological polar surface area (TPSA) is 66.7 Å². The van der Waals surface area contributed by atoms with Crippen LogP contribution in [0.15, 0.2) is 36.4 Å². The number of nitro groups is 1. The van der Waals surface area contributed by atoms with Crippen LogP contribution in [-0.4, -0.2) is 41.9 Å². The summed E-state index contributed by atoms with van der Waals surface area (Å²) >= 11 is 0.816. The van der Waals surface area contributed by atoms with Crippen LogP contribution in [0.3, 0.4) is 0 Å². The summed E-state index contributed by atoms with van der Waals surface area (Å²) in [6, 6.07) is 7.80. The van der Waals surface area contributed by atoms with Crippen molar-refractivity contribution in [2.75, 3.05) is 31.1 Å². The molecule has 1 saturated heterocycles. The Morgan fingerprint density at radius 3 is 2.38 bits per heavy atom. The third kappa shape index (κ3) is 3.79. The maximum Gasteiger partial charge on any atom is 0.416 e. The number of nitrogens with zero attached hydrogens (tertiary/aromatic N) is 3. The minimum atomic E-state index is -4.40. The van der Waals surface area contributed by atoms with Crippen molar-refractivity contribution in [3.63, 3.8) is 0 Å². The number of anilines is 1. The molecule has 1 amide bonds. The second kappa shape index (κ2) is 6.94. The van der Waals surface area contributed by atoms with Gasteiger partial charge in [-0.25, -0.2) is 0 Å². The van der Waals surface area contributed by atoms with Gasteiger partial charge in [0, 0.05) is 37.9 Å². The van der Waals surface area contributed by atoms with E-state index in [2.05, 4.69) is 0 Å². The normalized spacial score (nSPS) is 15.2. The lowest BCUT2D eigenvalue weighted by atomic mass is 10.1. The molecule has 0 radical (unpaired) electrons. The van der Waals surface area contributed by atoms with Gasteiger partial charge in [0.2, 0.25) is 0 Å². The van der Waals surface area contributed by atoms with E-state index in [0.29, 0.717) is 31.9 Å². The fraction of sp³-hybridized carbons (Fsp3) is 0.312. The third-order valence-electron chi connectivity index (χ3n) is 4.09. The Bertz CT molecular complexity index is 829. The van der Waals surface area contributed by atoms with Gasteiger partial charge in [-0.15, -0.1) is 0 Å². The molecule has 2 aromatic rings. The van der Waals surface area contributed by atoms with Gasteiger partial charge in [-0.3, -0.25) is 14.9 Å². The predicted octanol–water partition coefficient (Wildman–Crippen LogP) is 3.64. The van der Waals surface area contributed by atoms with E-state index >= 15 is 0 Å². The van der Waals surface area contributed by atoms with Crippen LogP contribution in [0.5, 0.6) is 0 Å². The van der Waals surface area contributed by atoms with Crippen molar-refractivity contribution >= 4 is 27.9 Å². The molecule has 1 aliphatic rings. The first kappa shape index (κ1) is 18.2. The molecule has 6 nitrogen and oxygen atoms in total. The van der Waals surface area contributed by atoms with E-state index in [-0.39, 0.29) is 15.8 Å². The molecule has 0 spiro atoms. The maximum atomic E-state index is 12.8. The van der Waals surface area contributed by atoms with E-state index in [4.69, 9.17) is 0 Å². The predicted molar refractivity (Wildman–Crippen MR) is 90.5 cm³/mol. The first-order chi connectivity index (χ1) is 12.3.